The van der Waals surface area contributed by atoms with E-state index in [1.807, 2.05) is 0 Å². The number of rotatable bonds is 6. The molecular formula is C15H26N2. The van der Waals surface area contributed by atoms with Gasteiger partial charge in [-0.15, -0.1) is 0 Å². The van der Waals surface area contributed by atoms with E-state index >= 15 is 0 Å². The maximum absolute atomic E-state index is 6.21. The van der Waals surface area contributed by atoms with Crippen LogP contribution in [0.5, 0.6) is 0 Å². The Bertz CT molecular complexity index is 347. The quantitative estimate of drug-likeness (QED) is 0.754. The summed E-state index contributed by atoms with van der Waals surface area (Å²) in [5, 5.41) is 0. The Kier molecular flexibility index (Phi) is 5.33. The molecule has 0 saturated heterocycles. The molecule has 0 fully saturated rings. The van der Waals surface area contributed by atoms with E-state index in [2.05, 4.69) is 50.8 Å². The number of hydrogen-bond donors (Lipinski definition) is 1. The molecule has 17 heavy (non-hydrogen) atoms. The Balaban J connectivity index is 2.99. The van der Waals surface area contributed by atoms with Gasteiger partial charge in [-0.3, -0.25) is 0 Å². The van der Waals surface area contributed by atoms with Crippen LogP contribution in [0.25, 0.3) is 0 Å². The molecule has 96 valence electrons. The molecule has 0 amide bonds. The lowest BCUT2D eigenvalue weighted by atomic mass is 10.1. The van der Waals surface area contributed by atoms with Crippen LogP contribution in [0.15, 0.2) is 18.2 Å². The van der Waals surface area contributed by atoms with E-state index < -0.39 is 0 Å². The number of nitrogen functional groups attached to an aromatic ring is 1. The zero-order valence-electron chi connectivity index (χ0n) is 11.7. The molecule has 1 aromatic carbocycles. The molecule has 0 spiro atoms. The van der Waals surface area contributed by atoms with Gasteiger partial charge in [0, 0.05) is 12.6 Å². The highest BCUT2D eigenvalue weighted by Crippen LogP contribution is 2.28. The van der Waals surface area contributed by atoms with Crippen LogP contribution >= 0.6 is 0 Å². The molecule has 1 aromatic rings. The minimum atomic E-state index is 0.547. The van der Waals surface area contributed by atoms with Gasteiger partial charge >= 0.3 is 0 Å². The fourth-order valence-electron chi connectivity index (χ4n) is 2.04. The first-order valence-corrected chi connectivity index (χ1v) is 6.73. The average Bonchev–Trinajstić information content (AvgIpc) is 2.34. The third kappa shape index (κ3) is 3.39. The number of benzene rings is 1. The van der Waals surface area contributed by atoms with Crippen molar-refractivity contribution in [2.24, 2.45) is 0 Å². The van der Waals surface area contributed by atoms with Gasteiger partial charge in [-0.1, -0.05) is 32.4 Å². The molecule has 0 radical (unpaired) electrons. The van der Waals surface area contributed by atoms with Crippen molar-refractivity contribution >= 4 is 11.4 Å². The van der Waals surface area contributed by atoms with Gasteiger partial charge in [0.25, 0.3) is 0 Å². The normalized spacial score (nSPS) is 12.5. The second-order valence-corrected chi connectivity index (χ2v) is 4.81. The van der Waals surface area contributed by atoms with Gasteiger partial charge in [0.15, 0.2) is 0 Å². The highest BCUT2D eigenvalue weighted by Gasteiger charge is 2.15. The zero-order valence-corrected chi connectivity index (χ0v) is 11.7. The molecule has 0 aliphatic rings. The van der Waals surface area contributed by atoms with Gasteiger partial charge in [-0.2, -0.15) is 0 Å². The van der Waals surface area contributed by atoms with Gasteiger partial charge in [0.2, 0.25) is 0 Å². The summed E-state index contributed by atoms with van der Waals surface area (Å²) < 4.78 is 0. The van der Waals surface area contributed by atoms with Crippen LogP contribution in [0.3, 0.4) is 0 Å². The Morgan fingerprint density at radius 3 is 2.59 bits per heavy atom. The van der Waals surface area contributed by atoms with Gasteiger partial charge < -0.3 is 10.6 Å². The van der Waals surface area contributed by atoms with Gasteiger partial charge in [-0.25, -0.2) is 0 Å². The second kappa shape index (κ2) is 6.53. The summed E-state index contributed by atoms with van der Waals surface area (Å²) in [5.41, 5.74) is 9.52. The first-order valence-electron chi connectivity index (χ1n) is 6.73. The van der Waals surface area contributed by atoms with E-state index in [9.17, 15) is 0 Å². The SMILES string of the molecule is CCCCN(c1cccc(C)c1N)C(C)CC. The Labute approximate surface area is 106 Å². The number of unbranched alkanes of at least 4 members (excludes halogenated alkanes) is 1. The van der Waals surface area contributed by atoms with Crippen molar-refractivity contribution in [2.45, 2.75) is 53.0 Å². The molecule has 2 nitrogen and oxygen atoms in total. The minimum absolute atomic E-state index is 0.547. The Hall–Kier alpha value is -1.18. The topological polar surface area (TPSA) is 29.3 Å². The standard InChI is InChI=1S/C15H26N2/c1-5-7-11-17(13(4)6-2)14-10-8-9-12(3)15(14)16/h8-10,13H,5-7,11,16H2,1-4H3. The number of para-hydroxylation sites is 1. The first-order chi connectivity index (χ1) is 8.11. The van der Waals surface area contributed by atoms with Crippen LogP contribution in [0.1, 0.15) is 45.6 Å². The molecule has 1 rings (SSSR count). The van der Waals surface area contributed by atoms with Crippen LogP contribution < -0.4 is 10.6 Å². The lowest BCUT2D eigenvalue weighted by Gasteiger charge is -2.32. The molecule has 0 aromatic heterocycles. The number of anilines is 2. The van der Waals surface area contributed by atoms with Crippen molar-refractivity contribution < 1.29 is 0 Å². The number of nitrogens with zero attached hydrogens (tertiary/aromatic N) is 1. The lowest BCUT2D eigenvalue weighted by Crippen LogP contribution is -2.34. The van der Waals surface area contributed by atoms with Crippen molar-refractivity contribution in [1.29, 1.82) is 0 Å². The summed E-state index contributed by atoms with van der Waals surface area (Å²) in [6.45, 7) is 9.91. The fraction of sp³-hybridized carbons (Fsp3) is 0.600. The molecule has 0 aliphatic carbocycles. The molecule has 0 aliphatic heterocycles. The third-order valence-corrected chi connectivity index (χ3v) is 3.49. The van der Waals surface area contributed by atoms with E-state index in [4.69, 9.17) is 5.73 Å². The second-order valence-electron chi connectivity index (χ2n) is 4.81. The lowest BCUT2D eigenvalue weighted by molar-refractivity contribution is 0.596. The predicted molar refractivity (Wildman–Crippen MR) is 77.6 cm³/mol. The van der Waals surface area contributed by atoms with Crippen molar-refractivity contribution in [3.8, 4) is 0 Å². The smallest absolute Gasteiger partial charge is 0.0605 e. The molecule has 1 atom stereocenters. The Morgan fingerprint density at radius 1 is 1.29 bits per heavy atom. The van der Waals surface area contributed by atoms with Crippen molar-refractivity contribution in [3.63, 3.8) is 0 Å². The summed E-state index contributed by atoms with van der Waals surface area (Å²) in [6, 6.07) is 6.87. The van der Waals surface area contributed by atoms with Crippen molar-refractivity contribution in [3.05, 3.63) is 23.8 Å². The highest BCUT2D eigenvalue weighted by atomic mass is 15.2. The zero-order chi connectivity index (χ0) is 12.8. The summed E-state index contributed by atoms with van der Waals surface area (Å²) in [5.74, 6) is 0. The number of aryl methyl sites for hydroxylation is 1. The van der Waals surface area contributed by atoms with E-state index in [1.54, 1.807) is 0 Å². The van der Waals surface area contributed by atoms with Gasteiger partial charge in [0.1, 0.15) is 0 Å². The van der Waals surface area contributed by atoms with E-state index in [-0.39, 0.29) is 0 Å². The molecule has 0 bridgehead atoms. The van der Waals surface area contributed by atoms with E-state index in [0.29, 0.717) is 6.04 Å². The molecule has 0 saturated carbocycles. The van der Waals surface area contributed by atoms with Crippen molar-refractivity contribution in [1.82, 2.24) is 0 Å². The summed E-state index contributed by atoms with van der Waals surface area (Å²) in [7, 11) is 0. The van der Waals surface area contributed by atoms with Crippen molar-refractivity contribution in [2.75, 3.05) is 17.2 Å². The molecule has 0 heterocycles. The third-order valence-electron chi connectivity index (χ3n) is 3.49. The fourth-order valence-corrected chi connectivity index (χ4v) is 2.04. The largest absolute Gasteiger partial charge is 0.397 e. The van der Waals surface area contributed by atoms with Gasteiger partial charge in [0.05, 0.1) is 11.4 Å². The molecule has 1 unspecified atom stereocenters. The molecule has 2 N–H and O–H groups in total. The van der Waals surface area contributed by atoms with Crippen LogP contribution in [-0.4, -0.2) is 12.6 Å². The molecular weight excluding hydrogens is 208 g/mol. The monoisotopic (exact) mass is 234 g/mol. The molecule has 2 heteroatoms. The highest BCUT2D eigenvalue weighted by molar-refractivity contribution is 5.71. The van der Waals surface area contributed by atoms with Gasteiger partial charge in [-0.05, 0) is 38.3 Å². The predicted octanol–water partition coefficient (Wildman–Crippen LogP) is 3.98. The average molecular weight is 234 g/mol. The van der Waals surface area contributed by atoms with Crippen LogP contribution in [0.2, 0.25) is 0 Å². The maximum atomic E-state index is 6.21. The summed E-state index contributed by atoms with van der Waals surface area (Å²) in [4.78, 5) is 2.45. The van der Waals surface area contributed by atoms with E-state index in [1.165, 1.54) is 24.1 Å². The summed E-state index contributed by atoms with van der Waals surface area (Å²) >= 11 is 0. The van der Waals surface area contributed by atoms with E-state index in [0.717, 1.165) is 18.7 Å². The minimum Gasteiger partial charge on any atom is -0.397 e. The Morgan fingerprint density at radius 2 is 2.00 bits per heavy atom. The number of nitrogens with two attached hydrogens (primary N) is 1. The van der Waals surface area contributed by atoms with Crippen LogP contribution in [0.4, 0.5) is 11.4 Å². The maximum Gasteiger partial charge on any atom is 0.0605 e. The first kappa shape index (κ1) is 13.9. The summed E-state index contributed by atoms with van der Waals surface area (Å²) in [6.07, 6.45) is 3.59. The van der Waals surface area contributed by atoms with Crippen LogP contribution in [-0.2, 0) is 0 Å². The number of hydrogen-bond acceptors (Lipinski definition) is 2. The van der Waals surface area contributed by atoms with Crippen LogP contribution in [0, 0.1) is 6.92 Å².